The predicted molar refractivity (Wildman–Crippen MR) is 49.9 cm³/mol. The SMILES string of the molecule is COC(=O)c1cc(=O)c(CF)c(OC(F)(F)F)[nH]1. The minimum atomic E-state index is -5.12. The number of rotatable bonds is 3. The van der Waals surface area contributed by atoms with Crippen LogP contribution >= 0.6 is 0 Å². The minimum absolute atomic E-state index is 0.570. The van der Waals surface area contributed by atoms with Crippen molar-refractivity contribution in [3.8, 4) is 5.88 Å². The highest BCUT2D eigenvalue weighted by Gasteiger charge is 2.33. The lowest BCUT2D eigenvalue weighted by atomic mass is 10.2. The van der Waals surface area contributed by atoms with Crippen LogP contribution in [0.2, 0.25) is 0 Å². The number of pyridine rings is 1. The van der Waals surface area contributed by atoms with Crippen LogP contribution in [0.25, 0.3) is 0 Å². The molecule has 0 aliphatic rings. The van der Waals surface area contributed by atoms with Gasteiger partial charge in [0.2, 0.25) is 5.88 Å². The number of ether oxygens (including phenoxy) is 2. The van der Waals surface area contributed by atoms with Gasteiger partial charge in [0.25, 0.3) is 0 Å². The summed E-state index contributed by atoms with van der Waals surface area (Å²) in [5.74, 6) is -2.25. The highest BCUT2D eigenvalue weighted by Crippen LogP contribution is 2.23. The van der Waals surface area contributed by atoms with E-state index < -0.39 is 41.6 Å². The van der Waals surface area contributed by atoms with Gasteiger partial charge >= 0.3 is 12.3 Å². The first-order chi connectivity index (χ1) is 8.28. The van der Waals surface area contributed by atoms with Gasteiger partial charge in [0.15, 0.2) is 5.43 Å². The summed E-state index contributed by atoms with van der Waals surface area (Å²) in [5.41, 5.74) is -2.53. The van der Waals surface area contributed by atoms with Crippen molar-refractivity contribution in [2.24, 2.45) is 0 Å². The molecule has 5 nitrogen and oxygen atoms in total. The molecule has 9 heteroatoms. The number of methoxy groups -OCH3 is 1. The lowest BCUT2D eigenvalue weighted by molar-refractivity contribution is -0.276. The van der Waals surface area contributed by atoms with Gasteiger partial charge in [-0.15, -0.1) is 13.2 Å². The smallest absolute Gasteiger partial charge is 0.464 e. The van der Waals surface area contributed by atoms with Crippen LogP contribution in [-0.2, 0) is 11.4 Å². The Morgan fingerprint density at radius 2 is 2.06 bits per heavy atom. The van der Waals surface area contributed by atoms with E-state index in [9.17, 15) is 27.2 Å². The average molecular weight is 269 g/mol. The Labute approximate surface area is 97.3 Å². The third kappa shape index (κ3) is 3.22. The number of carbonyl (C=O) groups is 1. The second-order valence-corrected chi connectivity index (χ2v) is 3.03. The summed E-state index contributed by atoms with van der Waals surface area (Å²) in [6.07, 6.45) is -5.12. The number of aromatic nitrogens is 1. The standard InChI is InChI=1S/C9H7F4NO4/c1-17-8(16)5-2-6(15)4(3-10)7(14-5)18-9(11,12)13/h2H,3H2,1H3,(H,14,15). The predicted octanol–water partition coefficient (Wildman–Crippen LogP) is 1.53. The molecule has 18 heavy (non-hydrogen) atoms. The number of alkyl halides is 4. The molecule has 0 spiro atoms. The van der Waals surface area contributed by atoms with Crippen LogP contribution in [0.4, 0.5) is 17.6 Å². The molecule has 0 bridgehead atoms. The number of esters is 1. The van der Waals surface area contributed by atoms with Crippen molar-refractivity contribution in [1.82, 2.24) is 4.98 Å². The number of carbonyl (C=O) groups excluding carboxylic acids is 1. The van der Waals surface area contributed by atoms with Crippen LogP contribution in [0, 0.1) is 0 Å². The summed E-state index contributed by atoms with van der Waals surface area (Å²) < 4.78 is 56.2. The molecule has 1 N–H and O–H groups in total. The van der Waals surface area contributed by atoms with E-state index >= 15 is 0 Å². The first kappa shape index (κ1) is 14.0. The molecule has 0 unspecified atom stereocenters. The van der Waals surface area contributed by atoms with E-state index in [1.54, 1.807) is 0 Å². The number of nitrogens with one attached hydrogen (secondary N) is 1. The van der Waals surface area contributed by atoms with Gasteiger partial charge in [0.05, 0.1) is 12.7 Å². The molecule has 0 fully saturated rings. The molecule has 100 valence electrons. The Morgan fingerprint density at radius 1 is 1.44 bits per heavy atom. The Bertz CT molecular complexity index is 508. The van der Waals surface area contributed by atoms with Gasteiger partial charge in [0, 0.05) is 6.07 Å². The molecule has 1 aromatic rings. The van der Waals surface area contributed by atoms with Crippen LogP contribution in [0.1, 0.15) is 16.1 Å². The van der Waals surface area contributed by atoms with Crippen molar-refractivity contribution in [2.75, 3.05) is 7.11 Å². The maximum absolute atomic E-state index is 12.5. The summed E-state index contributed by atoms with van der Waals surface area (Å²) in [4.78, 5) is 24.2. The van der Waals surface area contributed by atoms with E-state index in [0.29, 0.717) is 6.07 Å². The molecule has 1 aromatic heterocycles. The Hall–Kier alpha value is -2.06. The van der Waals surface area contributed by atoms with Crippen molar-refractivity contribution in [3.63, 3.8) is 0 Å². The first-order valence-corrected chi connectivity index (χ1v) is 4.44. The molecule has 1 rings (SSSR count). The number of aromatic amines is 1. The lowest BCUT2D eigenvalue weighted by Gasteiger charge is -2.12. The molecular formula is C9H7F4NO4. The summed E-state index contributed by atoms with van der Waals surface area (Å²) in [6.45, 7) is -1.47. The number of H-pyrrole nitrogens is 1. The Kier molecular flexibility index (Phi) is 3.94. The Morgan fingerprint density at radius 3 is 2.50 bits per heavy atom. The first-order valence-electron chi connectivity index (χ1n) is 4.44. The molecule has 0 atom stereocenters. The maximum atomic E-state index is 12.5. The van der Waals surface area contributed by atoms with E-state index in [0.717, 1.165) is 7.11 Å². The lowest BCUT2D eigenvalue weighted by Crippen LogP contribution is -2.23. The second kappa shape index (κ2) is 5.07. The Balaban J connectivity index is 3.32. The van der Waals surface area contributed by atoms with Gasteiger partial charge in [0.1, 0.15) is 12.4 Å². The van der Waals surface area contributed by atoms with E-state index in [1.165, 1.54) is 0 Å². The van der Waals surface area contributed by atoms with Crippen molar-refractivity contribution in [2.45, 2.75) is 13.0 Å². The van der Waals surface area contributed by atoms with Crippen LogP contribution in [-0.4, -0.2) is 24.4 Å². The van der Waals surface area contributed by atoms with Crippen LogP contribution in [0.3, 0.4) is 0 Å². The van der Waals surface area contributed by atoms with Crippen molar-refractivity contribution in [3.05, 3.63) is 27.5 Å². The van der Waals surface area contributed by atoms with Gasteiger partial charge in [-0.3, -0.25) is 4.79 Å². The molecule has 0 aromatic carbocycles. The minimum Gasteiger partial charge on any atom is -0.464 e. The molecule has 0 aliphatic carbocycles. The van der Waals surface area contributed by atoms with E-state index in [2.05, 4.69) is 9.47 Å². The zero-order chi connectivity index (χ0) is 13.9. The van der Waals surface area contributed by atoms with Gasteiger partial charge in [-0.25, -0.2) is 9.18 Å². The van der Waals surface area contributed by atoms with Gasteiger partial charge in [-0.1, -0.05) is 0 Å². The zero-order valence-corrected chi connectivity index (χ0v) is 8.93. The van der Waals surface area contributed by atoms with Crippen LogP contribution < -0.4 is 10.2 Å². The van der Waals surface area contributed by atoms with Crippen molar-refractivity contribution in [1.29, 1.82) is 0 Å². The highest BCUT2D eigenvalue weighted by atomic mass is 19.4. The van der Waals surface area contributed by atoms with Crippen LogP contribution in [0.15, 0.2) is 10.9 Å². The van der Waals surface area contributed by atoms with Gasteiger partial charge < -0.3 is 14.5 Å². The third-order valence-electron chi connectivity index (χ3n) is 1.85. The quantitative estimate of drug-likeness (QED) is 0.667. The van der Waals surface area contributed by atoms with Crippen LogP contribution in [0.5, 0.6) is 5.88 Å². The molecule has 0 radical (unpaired) electrons. The second-order valence-electron chi connectivity index (χ2n) is 3.03. The molecule has 0 aliphatic heterocycles. The fourth-order valence-electron chi connectivity index (χ4n) is 1.11. The highest BCUT2D eigenvalue weighted by molar-refractivity contribution is 5.87. The zero-order valence-electron chi connectivity index (χ0n) is 8.93. The number of hydrogen-bond donors (Lipinski definition) is 1. The van der Waals surface area contributed by atoms with E-state index in [-0.39, 0.29) is 0 Å². The number of hydrogen-bond acceptors (Lipinski definition) is 4. The molecular weight excluding hydrogens is 262 g/mol. The van der Waals surface area contributed by atoms with E-state index in [1.807, 2.05) is 4.98 Å². The largest absolute Gasteiger partial charge is 0.574 e. The summed E-state index contributed by atoms with van der Waals surface area (Å²) in [6, 6.07) is 0.629. The fourth-order valence-corrected chi connectivity index (χ4v) is 1.11. The molecule has 0 saturated carbocycles. The monoisotopic (exact) mass is 269 g/mol. The summed E-state index contributed by atoms with van der Waals surface area (Å²) >= 11 is 0. The maximum Gasteiger partial charge on any atom is 0.574 e. The number of halogens is 4. The molecule has 0 saturated heterocycles. The van der Waals surface area contributed by atoms with Crippen molar-refractivity contribution >= 4 is 5.97 Å². The van der Waals surface area contributed by atoms with E-state index in [4.69, 9.17) is 0 Å². The van der Waals surface area contributed by atoms with Gasteiger partial charge in [-0.2, -0.15) is 0 Å². The fraction of sp³-hybridized carbons (Fsp3) is 0.333. The topological polar surface area (TPSA) is 68.4 Å². The third-order valence-corrected chi connectivity index (χ3v) is 1.85. The molecule has 1 heterocycles. The van der Waals surface area contributed by atoms with Gasteiger partial charge in [-0.05, 0) is 0 Å². The van der Waals surface area contributed by atoms with Crippen molar-refractivity contribution < 1.29 is 31.8 Å². The average Bonchev–Trinajstić information content (AvgIpc) is 2.25. The summed E-state index contributed by atoms with van der Waals surface area (Å²) in [5, 5.41) is 0. The normalized spacial score (nSPS) is 11.2. The summed E-state index contributed by atoms with van der Waals surface area (Å²) in [7, 11) is 0.966. The molecule has 0 amide bonds.